The Hall–Kier alpha value is -0.240. The third-order valence-electron chi connectivity index (χ3n) is 2.23. The molecule has 0 saturated heterocycles. The average molecular weight is 233 g/mol. The predicted octanol–water partition coefficient (Wildman–Crippen LogP) is 3.55. The molecule has 1 aromatic rings. The van der Waals surface area contributed by atoms with Gasteiger partial charge in [0.15, 0.2) is 0 Å². The summed E-state index contributed by atoms with van der Waals surface area (Å²) in [5.74, 6) is 0.310. The van der Waals surface area contributed by atoms with Gasteiger partial charge in [0.1, 0.15) is 0 Å². The Morgan fingerprint density at radius 2 is 2.07 bits per heavy atom. The number of hydrogen-bond donors (Lipinski definition) is 1. The van der Waals surface area contributed by atoms with Gasteiger partial charge < -0.3 is 5.11 Å². The zero-order valence-electron chi connectivity index (χ0n) is 8.13. The molecule has 0 heterocycles. The molecule has 78 valence electrons. The van der Waals surface area contributed by atoms with E-state index in [1.54, 1.807) is 6.07 Å². The van der Waals surface area contributed by atoms with E-state index >= 15 is 0 Å². The minimum Gasteiger partial charge on any atom is -0.396 e. The Bertz CT molecular complexity index is 299. The van der Waals surface area contributed by atoms with Crippen LogP contribution in [0, 0.1) is 5.92 Å². The fourth-order valence-electron chi connectivity index (χ4n) is 1.23. The molecule has 1 atom stereocenters. The Balaban J connectivity index is 2.62. The summed E-state index contributed by atoms with van der Waals surface area (Å²) in [7, 11) is 0. The second-order valence-corrected chi connectivity index (χ2v) is 4.41. The van der Waals surface area contributed by atoms with Crippen LogP contribution in [-0.4, -0.2) is 11.7 Å². The highest BCUT2D eigenvalue weighted by atomic mass is 35.5. The van der Waals surface area contributed by atoms with Crippen LogP contribution in [0.5, 0.6) is 0 Å². The van der Waals surface area contributed by atoms with Gasteiger partial charge in [-0.1, -0.05) is 30.1 Å². The second kappa shape index (κ2) is 5.59. The van der Waals surface area contributed by atoms with Gasteiger partial charge in [-0.2, -0.15) is 0 Å². The van der Waals surface area contributed by atoms with Gasteiger partial charge in [-0.15, -0.1) is 0 Å². The average Bonchev–Trinajstić information content (AvgIpc) is 2.19. The lowest BCUT2D eigenvalue weighted by Gasteiger charge is -2.08. The maximum atomic E-state index is 8.88. The summed E-state index contributed by atoms with van der Waals surface area (Å²) in [6.07, 6.45) is 1.79. The van der Waals surface area contributed by atoms with Crippen LogP contribution >= 0.6 is 23.2 Å². The van der Waals surface area contributed by atoms with Crippen molar-refractivity contribution >= 4 is 23.2 Å². The SMILES string of the molecule is CC(CO)CCc1cc(Cl)ccc1Cl. The van der Waals surface area contributed by atoms with Crippen LogP contribution in [0.4, 0.5) is 0 Å². The summed E-state index contributed by atoms with van der Waals surface area (Å²) >= 11 is 11.9. The minimum absolute atomic E-state index is 0.220. The van der Waals surface area contributed by atoms with Crippen molar-refractivity contribution in [2.24, 2.45) is 5.92 Å². The van der Waals surface area contributed by atoms with Crippen molar-refractivity contribution in [1.29, 1.82) is 0 Å². The molecular formula is C11H14Cl2O. The fourth-order valence-corrected chi connectivity index (χ4v) is 1.63. The van der Waals surface area contributed by atoms with Crippen LogP contribution in [0.2, 0.25) is 10.0 Å². The largest absolute Gasteiger partial charge is 0.396 e. The van der Waals surface area contributed by atoms with Gasteiger partial charge in [0.2, 0.25) is 0 Å². The maximum Gasteiger partial charge on any atom is 0.0456 e. The number of aliphatic hydroxyl groups excluding tert-OH is 1. The topological polar surface area (TPSA) is 20.2 Å². The zero-order chi connectivity index (χ0) is 10.6. The predicted molar refractivity (Wildman–Crippen MR) is 61.0 cm³/mol. The van der Waals surface area contributed by atoms with Crippen LogP contribution in [-0.2, 0) is 6.42 Å². The first-order valence-corrected chi connectivity index (χ1v) is 5.44. The van der Waals surface area contributed by atoms with Crippen LogP contribution < -0.4 is 0 Å². The number of rotatable bonds is 4. The minimum atomic E-state index is 0.220. The highest BCUT2D eigenvalue weighted by Gasteiger charge is 2.04. The lowest BCUT2D eigenvalue weighted by Crippen LogP contribution is -2.02. The molecule has 1 unspecified atom stereocenters. The third-order valence-corrected chi connectivity index (χ3v) is 2.83. The van der Waals surface area contributed by atoms with E-state index in [0.717, 1.165) is 23.4 Å². The molecule has 1 rings (SSSR count). The highest BCUT2D eigenvalue weighted by Crippen LogP contribution is 2.22. The zero-order valence-corrected chi connectivity index (χ0v) is 9.65. The van der Waals surface area contributed by atoms with Crippen molar-refractivity contribution in [3.8, 4) is 0 Å². The van der Waals surface area contributed by atoms with Gasteiger partial charge in [0.05, 0.1) is 0 Å². The van der Waals surface area contributed by atoms with Crippen LogP contribution in [0.3, 0.4) is 0 Å². The van der Waals surface area contributed by atoms with Crippen molar-refractivity contribution in [3.63, 3.8) is 0 Å². The monoisotopic (exact) mass is 232 g/mol. The van der Waals surface area contributed by atoms with Gasteiger partial charge >= 0.3 is 0 Å². The van der Waals surface area contributed by atoms with E-state index in [4.69, 9.17) is 28.3 Å². The Kier molecular flexibility index (Phi) is 4.73. The van der Waals surface area contributed by atoms with Crippen molar-refractivity contribution in [2.75, 3.05) is 6.61 Å². The van der Waals surface area contributed by atoms with Crippen molar-refractivity contribution in [3.05, 3.63) is 33.8 Å². The molecule has 1 nitrogen and oxygen atoms in total. The summed E-state index contributed by atoms with van der Waals surface area (Å²) in [6.45, 7) is 2.23. The van der Waals surface area contributed by atoms with Gasteiger partial charge in [-0.05, 0) is 42.5 Å². The molecule has 0 spiro atoms. The van der Waals surface area contributed by atoms with Crippen molar-refractivity contribution < 1.29 is 5.11 Å². The van der Waals surface area contributed by atoms with Crippen LogP contribution in [0.25, 0.3) is 0 Å². The molecule has 1 aromatic carbocycles. The normalized spacial score (nSPS) is 12.9. The number of halogens is 2. The van der Waals surface area contributed by atoms with Gasteiger partial charge in [-0.25, -0.2) is 0 Å². The molecule has 0 saturated carbocycles. The highest BCUT2D eigenvalue weighted by molar-refractivity contribution is 6.33. The molecule has 14 heavy (non-hydrogen) atoms. The van der Waals surface area contributed by atoms with Gasteiger partial charge in [0.25, 0.3) is 0 Å². The molecule has 0 aliphatic carbocycles. The van der Waals surface area contributed by atoms with Crippen LogP contribution in [0.15, 0.2) is 18.2 Å². The molecule has 0 amide bonds. The molecule has 0 aliphatic rings. The van der Waals surface area contributed by atoms with E-state index in [1.165, 1.54) is 0 Å². The van der Waals surface area contributed by atoms with E-state index in [1.807, 2.05) is 19.1 Å². The summed E-state index contributed by atoms with van der Waals surface area (Å²) in [6, 6.07) is 5.47. The fraction of sp³-hybridized carbons (Fsp3) is 0.455. The Morgan fingerprint density at radius 1 is 1.36 bits per heavy atom. The smallest absolute Gasteiger partial charge is 0.0456 e. The van der Waals surface area contributed by atoms with E-state index in [0.29, 0.717) is 10.9 Å². The summed E-state index contributed by atoms with van der Waals surface area (Å²) in [4.78, 5) is 0. The Morgan fingerprint density at radius 3 is 2.71 bits per heavy atom. The molecule has 0 fully saturated rings. The molecular weight excluding hydrogens is 219 g/mol. The van der Waals surface area contributed by atoms with Gasteiger partial charge in [0, 0.05) is 16.7 Å². The van der Waals surface area contributed by atoms with Gasteiger partial charge in [-0.3, -0.25) is 0 Å². The van der Waals surface area contributed by atoms with Crippen LogP contribution in [0.1, 0.15) is 18.9 Å². The summed E-state index contributed by atoms with van der Waals surface area (Å²) < 4.78 is 0. The maximum absolute atomic E-state index is 8.88. The molecule has 1 N–H and O–H groups in total. The van der Waals surface area contributed by atoms with E-state index in [2.05, 4.69) is 0 Å². The lowest BCUT2D eigenvalue weighted by molar-refractivity contribution is 0.230. The number of benzene rings is 1. The molecule has 0 aliphatic heterocycles. The first-order chi connectivity index (χ1) is 6.63. The first kappa shape index (κ1) is 11.8. The standard InChI is InChI=1S/C11H14Cl2O/c1-8(7-14)2-3-9-6-10(12)4-5-11(9)13/h4-6,8,14H,2-3,7H2,1H3. The van der Waals surface area contributed by atoms with E-state index in [-0.39, 0.29) is 6.61 Å². The number of aryl methyl sites for hydroxylation is 1. The van der Waals surface area contributed by atoms with Crippen molar-refractivity contribution in [2.45, 2.75) is 19.8 Å². The molecule has 0 bridgehead atoms. The molecule has 0 aromatic heterocycles. The first-order valence-electron chi connectivity index (χ1n) is 4.68. The number of hydrogen-bond acceptors (Lipinski definition) is 1. The molecule has 0 radical (unpaired) electrons. The number of aliphatic hydroxyl groups is 1. The second-order valence-electron chi connectivity index (χ2n) is 3.56. The van der Waals surface area contributed by atoms with E-state index < -0.39 is 0 Å². The summed E-state index contributed by atoms with van der Waals surface area (Å²) in [5, 5.41) is 10.3. The van der Waals surface area contributed by atoms with Crippen molar-refractivity contribution in [1.82, 2.24) is 0 Å². The Labute approximate surface area is 94.7 Å². The quantitative estimate of drug-likeness (QED) is 0.843. The lowest BCUT2D eigenvalue weighted by atomic mass is 10.0. The third kappa shape index (κ3) is 3.49. The molecule has 3 heteroatoms. The summed E-state index contributed by atoms with van der Waals surface area (Å²) in [5.41, 5.74) is 1.06. The van der Waals surface area contributed by atoms with E-state index in [9.17, 15) is 0 Å².